The van der Waals surface area contributed by atoms with Crippen LogP contribution in [0.4, 0.5) is 5.82 Å². The molecule has 0 bridgehead atoms. The predicted octanol–water partition coefficient (Wildman–Crippen LogP) is 2.01. The molecule has 2 N–H and O–H groups in total. The number of aromatic nitrogens is 2. The summed E-state index contributed by atoms with van der Waals surface area (Å²) in [6, 6.07) is 2.22. The zero-order valence-corrected chi connectivity index (χ0v) is 12.0. The molecule has 0 amide bonds. The fourth-order valence-corrected chi connectivity index (χ4v) is 1.77. The van der Waals surface area contributed by atoms with Crippen LogP contribution in [-0.4, -0.2) is 47.3 Å². The third-order valence-electron chi connectivity index (χ3n) is 3.63. The van der Waals surface area contributed by atoms with E-state index in [0.29, 0.717) is 18.2 Å². The van der Waals surface area contributed by atoms with Crippen molar-refractivity contribution in [1.82, 2.24) is 14.9 Å². The number of hydrogen-bond acceptors (Lipinski definition) is 5. The summed E-state index contributed by atoms with van der Waals surface area (Å²) in [5, 5.41) is 11.5. The molecule has 0 saturated heterocycles. The van der Waals surface area contributed by atoms with Gasteiger partial charge in [0.2, 0.25) is 0 Å². The van der Waals surface area contributed by atoms with Gasteiger partial charge >= 0.3 is 0 Å². The number of hydrogen-bond donors (Lipinski definition) is 2. The minimum Gasteiger partial charge on any atom is -0.370 e. The van der Waals surface area contributed by atoms with Crippen molar-refractivity contribution in [2.45, 2.75) is 32.2 Å². The average molecular weight is 261 g/mol. The largest absolute Gasteiger partial charge is 0.370 e. The summed E-state index contributed by atoms with van der Waals surface area (Å²) in [7, 11) is 4.06. The Labute approximate surface area is 115 Å². The Hall–Kier alpha value is -1.49. The second-order valence-corrected chi connectivity index (χ2v) is 5.61. The Morgan fingerprint density at radius 1 is 1.47 bits per heavy atom. The molecule has 1 atom stereocenters. The molecule has 0 aromatic carbocycles. The van der Waals surface area contributed by atoms with Crippen LogP contribution in [-0.2, 0) is 0 Å². The van der Waals surface area contributed by atoms with Gasteiger partial charge in [0.1, 0.15) is 12.1 Å². The Morgan fingerprint density at radius 2 is 2.21 bits per heavy atom. The predicted molar refractivity (Wildman–Crippen MR) is 77.8 cm³/mol. The normalized spacial score (nSPS) is 16.4. The van der Waals surface area contributed by atoms with Gasteiger partial charge in [-0.15, -0.1) is 0 Å². The molecule has 1 fully saturated rings. The van der Waals surface area contributed by atoms with E-state index in [2.05, 4.69) is 27.1 Å². The molecule has 1 heterocycles. The van der Waals surface area contributed by atoms with Gasteiger partial charge in [-0.05, 0) is 39.8 Å². The molecule has 1 aliphatic rings. The minimum atomic E-state index is 0.338. The number of nitrogens with one attached hydrogen (secondary N) is 2. The third kappa shape index (κ3) is 4.28. The smallest absolute Gasteiger partial charge is 0.130 e. The van der Waals surface area contributed by atoms with Crippen molar-refractivity contribution in [1.29, 1.82) is 5.41 Å². The van der Waals surface area contributed by atoms with Crippen molar-refractivity contribution in [3.8, 4) is 0 Å². The molecule has 0 radical (unpaired) electrons. The minimum absolute atomic E-state index is 0.338. The first-order valence-corrected chi connectivity index (χ1v) is 6.86. The lowest BCUT2D eigenvalue weighted by Gasteiger charge is -2.19. The average Bonchev–Trinajstić information content (AvgIpc) is 3.20. The van der Waals surface area contributed by atoms with E-state index in [1.54, 1.807) is 6.33 Å². The van der Waals surface area contributed by atoms with Gasteiger partial charge < -0.3 is 15.6 Å². The van der Waals surface area contributed by atoms with Crippen LogP contribution in [0.3, 0.4) is 0 Å². The van der Waals surface area contributed by atoms with Crippen molar-refractivity contribution in [2.24, 2.45) is 5.92 Å². The van der Waals surface area contributed by atoms with E-state index in [0.717, 1.165) is 24.0 Å². The zero-order chi connectivity index (χ0) is 13.8. The van der Waals surface area contributed by atoms with Crippen molar-refractivity contribution in [2.75, 3.05) is 26.0 Å². The van der Waals surface area contributed by atoms with Crippen molar-refractivity contribution >= 4 is 11.5 Å². The lowest BCUT2D eigenvalue weighted by Crippen LogP contribution is -2.27. The number of nitrogens with zero attached hydrogens (tertiary/aromatic N) is 3. The highest BCUT2D eigenvalue weighted by Crippen LogP contribution is 2.28. The highest BCUT2D eigenvalue weighted by atomic mass is 15.1. The summed E-state index contributed by atoms with van der Waals surface area (Å²) in [4.78, 5) is 10.5. The van der Waals surface area contributed by atoms with E-state index in [1.807, 2.05) is 20.2 Å². The Balaban J connectivity index is 1.94. The van der Waals surface area contributed by atoms with Crippen LogP contribution >= 0.6 is 0 Å². The molecule has 2 rings (SSSR count). The Morgan fingerprint density at radius 3 is 2.84 bits per heavy atom. The lowest BCUT2D eigenvalue weighted by atomic mass is 10.1. The lowest BCUT2D eigenvalue weighted by molar-refractivity contribution is 0.321. The van der Waals surface area contributed by atoms with Crippen LogP contribution < -0.4 is 5.32 Å². The summed E-state index contributed by atoms with van der Waals surface area (Å²) in [6.45, 7) is 3.10. The maximum absolute atomic E-state index is 8.13. The molecule has 19 heavy (non-hydrogen) atoms. The van der Waals surface area contributed by atoms with Crippen LogP contribution in [0.25, 0.3) is 0 Å². The summed E-state index contributed by atoms with van der Waals surface area (Å²) >= 11 is 0. The van der Waals surface area contributed by atoms with E-state index in [1.165, 1.54) is 12.8 Å². The van der Waals surface area contributed by atoms with Gasteiger partial charge in [-0.1, -0.05) is 0 Å². The van der Waals surface area contributed by atoms with E-state index in [4.69, 9.17) is 5.41 Å². The molecule has 1 aliphatic carbocycles. The van der Waals surface area contributed by atoms with Gasteiger partial charge in [0.05, 0.1) is 11.4 Å². The SMILES string of the molecule is CC(CC(=N)c1cc(NCC2CC2)ncn1)N(C)C. The Kier molecular flexibility index (Phi) is 4.47. The topological polar surface area (TPSA) is 64.9 Å². The fraction of sp³-hybridized carbons (Fsp3) is 0.643. The van der Waals surface area contributed by atoms with Crippen LogP contribution in [0.5, 0.6) is 0 Å². The first-order valence-electron chi connectivity index (χ1n) is 6.86. The molecule has 0 aliphatic heterocycles. The highest BCUT2D eigenvalue weighted by molar-refractivity contribution is 5.97. The second kappa shape index (κ2) is 6.10. The zero-order valence-electron chi connectivity index (χ0n) is 12.0. The molecule has 1 aromatic heterocycles. The van der Waals surface area contributed by atoms with Crippen molar-refractivity contribution in [3.05, 3.63) is 18.1 Å². The number of rotatable bonds is 7. The summed E-state index contributed by atoms with van der Waals surface area (Å²) in [6.07, 6.45) is 4.88. The molecule has 104 valence electrons. The van der Waals surface area contributed by atoms with Crippen LogP contribution in [0.1, 0.15) is 31.9 Å². The standard InChI is InChI=1S/C14H23N5/c1-10(19(2)3)6-12(15)13-7-14(18-9-17-13)16-8-11-4-5-11/h7,9-11,15H,4-6,8H2,1-3H3,(H,16,17,18). The Bertz CT molecular complexity index is 439. The second-order valence-electron chi connectivity index (χ2n) is 5.61. The molecule has 5 nitrogen and oxygen atoms in total. The van der Waals surface area contributed by atoms with Gasteiger partial charge in [0.25, 0.3) is 0 Å². The van der Waals surface area contributed by atoms with Crippen molar-refractivity contribution in [3.63, 3.8) is 0 Å². The van der Waals surface area contributed by atoms with Crippen LogP contribution in [0.15, 0.2) is 12.4 Å². The first-order chi connectivity index (χ1) is 9.06. The maximum Gasteiger partial charge on any atom is 0.130 e. The van der Waals surface area contributed by atoms with E-state index in [-0.39, 0.29) is 0 Å². The van der Waals surface area contributed by atoms with Crippen LogP contribution in [0.2, 0.25) is 0 Å². The monoisotopic (exact) mass is 261 g/mol. The van der Waals surface area contributed by atoms with Crippen molar-refractivity contribution < 1.29 is 0 Å². The van der Waals surface area contributed by atoms with E-state index >= 15 is 0 Å². The molecule has 0 spiro atoms. The van der Waals surface area contributed by atoms with Gasteiger partial charge in [0, 0.05) is 25.1 Å². The van der Waals surface area contributed by atoms with E-state index in [9.17, 15) is 0 Å². The highest BCUT2D eigenvalue weighted by Gasteiger charge is 2.20. The van der Waals surface area contributed by atoms with Gasteiger partial charge in [-0.2, -0.15) is 0 Å². The van der Waals surface area contributed by atoms with Gasteiger partial charge in [-0.25, -0.2) is 9.97 Å². The van der Waals surface area contributed by atoms with Crippen LogP contribution in [0, 0.1) is 11.3 Å². The van der Waals surface area contributed by atoms with Gasteiger partial charge in [0.15, 0.2) is 0 Å². The fourth-order valence-electron chi connectivity index (χ4n) is 1.77. The molecular weight excluding hydrogens is 238 g/mol. The molecule has 5 heteroatoms. The molecule has 1 saturated carbocycles. The summed E-state index contributed by atoms with van der Waals surface area (Å²) in [5.41, 5.74) is 1.29. The molecule has 1 aromatic rings. The quantitative estimate of drug-likeness (QED) is 0.737. The molecule has 1 unspecified atom stereocenters. The van der Waals surface area contributed by atoms with Gasteiger partial charge in [-0.3, -0.25) is 0 Å². The van der Waals surface area contributed by atoms with E-state index < -0.39 is 0 Å². The number of anilines is 1. The molecular formula is C14H23N5. The summed E-state index contributed by atoms with van der Waals surface area (Å²) in [5.74, 6) is 1.64. The third-order valence-corrected chi connectivity index (χ3v) is 3.63. The maximum atomic E-state index is 8.13. The first kappa shape index (κ1) is 13.9. The summed E-state index contributed by atoms with van der Waals surface area (Å²) < 4.78 is 0.